The van der Waals surface area contributed by atoms with E-state index in [2.05, 4.69) is 20.3 Å². The minimum atomic E-state index is -1.90. The Morgan fingerprint density at radius 2 is 2.03 bits per heavy atom. The minimum absolute atomic E-state index is 0.341. The summed E-state index contributed by atoms with van der Waals surface area (Å²) in [6.45, 7) is 1.09. The smallest absolute Gasteiger partial charge is 0.327 e. The Morgan fingerprint density at radius 3 is 2.76 bits per heavy atom. The zero-order chi connectivity index (χ0) is 20.5. The van der Waals surface area contributed by atoms with Crippen molar-refractivity contribution in [2.75, 3.05) is 6.54 Å². The number of nitrogens with zero attached hydrogens (tertiary/aromatic N) is 5. The van der Waals surface area contributed by atoms with Gasteiger partial charge in [0.1, 0.15) is 12.1 Å². The number of hydrogen-bond donors (Lipinski definition) is 2. The molecule has 0 saturated heterocycles. The first-order chi connectivity index (χ1) is 14.0. The van der Waals surface area contributed by atoms with Crippen LogP contribution in [-0.4, -0.2) is 36.1 Å². The number of halogens is 2. The van der Waals surface area contributed by atoms with Crippen molar-refractivity contribution in [3.05, 3.63) is 70.7 Å². The molecule has 1 aromatic carbocycles. The number of H-pyrrole nitrogens is 1. The Hall–Kier alpha value is -3.66. The molecule has 3 heterocycles. The number of nitrogens with one attached hydrogen (secondary N) is 1. The van der Waals surface area contributed by atoms with Crippen LogP contribution in [0.4, 0.5) is 8.78 Å². The topological polar surface area (TPSA) is 107 Å². The standard InChI is InChI=1S/C19H17F2N7O/c1-11-4-14(12-2-3-13-8-24-26-16(13)5-12)7-23-18(11)27-10-25-28(19(27)29)9-15(6-22)17(20)21/h2-5,7-8,10H,6,9,22H2,1H3,(H,24,26). The summed E-state index contributed by atoms with van der Waals surface area (Å²) in [4.78, 5) is 17.0. The highest BCUT2D eigenvalue weighted by Crippen LogP contribution is 2.25. The van der Waals surface area contributed by atoms with Crippen molar-refractivity contribution in [1.82, 2.24) is 29.5 Å². The van der Waals surface area contributed by atoms with Gasteiger partial charge in [0.05, 0.1) is 18.3 Å². The van der Waals surface area contributed by atoms with Crippen LogP contribution in [0.5, 0.6) is 0 Å². The molecule has 0 aliphatic rings. The SMILES string of the molecule is Cc1cc(-c2ccc3cn[nH]c3c2)cnc1-n1cnn(CC(CN)=C(F)F)c1=O. The predicted molar refractivity (Wildman–Crippen MR) is 104 cm³/mol. The summed E-state index contributed by atoms with van der Waals surface area (Å²) in [6, 6.07) is 7.79. The maximum Gasteiger partial charge on any atom is 0.351 e. The van der Waals surface area contributed by atoms with E-state index in [-0.39, 0.29) is 18.7 Å². The lowest BCUT2D eigenvalue weighted by Gasteiger charge is -2.08. The number of benzene rings is 1. The van der Waals surface area contributed by atoms with E-state index in [4.69, 9.17) is 5.73 Å². The molecule has 4 rings (SSSR count). The summed E-state index contributed by atoms with van der Waals surface area (Å²) < 4.78 is 27.8. The van der Waals surface area contributed by atoms with Gasteiger partial charge in [-0.3, -0.25) is 5.10 Å². The molecule has 0 amide bonds. The fourth-order valence-electron chi connectivity index (χ4n) is 3.07. The van der Waals surface area contributed by atoms with Gasteiger partial charge in [-0.15, -0.1) is 0 Å². The molecular weight excluding hydrogens is 380 g/mol. The highest BCUT2D eigenvalue weighted by Gasteiger charge is 2.14. The van der Waals surface area contributed by atoms with Crippen molar-refractivity contribution in [1.29, 1.82) is 0 Å². The summed E-state index contributed by atoms with van der Waals surface area (Å²) in [5.74, 6) is 0.381. The van der Waals surface area contributed by atoms with Gasteiger partial charge in [0.2, 0.25) is 0 Å². The van der Waals surface area contributed by atoms with Gasteiger partial charge in [0.25, 0.3) is 6.08 Å². The molecule has 0 saturated carbocycles. The Morgan fingerprint density at radius 1 is 1.21 bits per heavy atom. The van der Waals surface area contributed by atoms with Crippen LogP contribution >= 0.6 is 0 Å². The molecule has 4 aromatic rings. The molecule has 3 N–H and O–H groups in total. The molecule has 0 bridgehead atoms. The second-order valence-electron chi connectivity index (χ2n) is 6.55. The quantitative estimate of drug-likeness (QED) is 0.538. The molecule has 0 aliphatic carbocycles. The largest absolute Gasteiger partial charge is 0.351 e. The number of pyridine rings is 1. The summed E-state index contributed by atoms with van der Waals surface area (Å²) >= 11 is 0. The Labute approximate surface area is 163 Å². The van der Waals surface area contributed by atoms with Crippen molar-refractivity contribution in [2.45, 2.75) is 13.5 Å². The maximum absolute atomic E-state index is 12.8. The molecular formula is C19H17F2N7O. The molecule has 0 radical (unpaired) electrons. The van der Waals surface area contributed by atoms with E-state index in [0.717, 1.165) is 32.3 Å². The predicted octanol–water partition coefficient (Wildman–Crippen LogP) is 2.39. The fourth-order valence-corrected chi connectivity index (χ4v) is 3.07. The monoisotopic (exact) mass is 397 g/mol. The highest BCUT2D eigenvalue weighted by atomic mass is 19.3. The number of aryl methyl sites for hydroxylation is 1. The first kappa shape index (κ1) is 18.7. The number of rotatable bonds is 5. The van der Waals surface area contributed by atoms with E-state index in [1.807, 2.05) is 31.2 Å². The van der Waals surface area contributed by atoms with Crippen LogP contribution in [0.1, 0.15) is 5.56 Å². The fraction of sp³-hybridized carbons (Fsp3) is 0.158. The average Bonchev–Trinajstić information content (AvgIpc) is 3.32. The molecule has 0 unspecified atom stereocenters. The first-order valence-electron chi connectivity index (χ1n) is 8.76. The van der Waals surface area contributed by atoms with Crippen molar-refractivity contribution in [3.63, 3.8) is 0 Å². The van der Waals surface area contributed by atoms with Crippen LogP contribution in [-0.2, 0) is 6.54 Å². The van der Waals surface area contributed by atoms with Gasteiger partial charge >= 0.3 is 5.69 Å². The van der Waals surface area contributed by atoms with Crippen molar-refractivity contribution in [2.24, 2.45) is 5.73 Å². The third-order valence-corrected chi connectivity index (χ3v) is 4.64. The van der Waals surface area contributed by atoms with E-state index in [1.54, 1.807) is 12.4 Å². The Balaban J connectivity index is 1.68. The van der Waals surface area contributed by atoms with E-state index >= 15 is 0 Å². The molecule has 0 spiro atoms. The zero-order valence-electron chi connectivity index (χ0n) is 15.4. The van der Waals surface area contributed by atoms with E-state index in [0.29, 0.717) is 5.82 Å². The van der Waals surface area contributed by atoms with Gasteiger partial charge in [-0.05, 0) is 30.2 Å². The summed E-state index contributed by atoms with van der Waals surface area (Å²) in [5.41, 5.74) is 7.86. The molecule has 10 heteroatoms. The second kappa shape index (κ2) is 7.40. The molecule has 0 fully saturated rings. The average molecular weight is 397 g/mol. The number of aromatic nitrogens is 6. The van der Waals surface area contributed by atoms with Crippen LogP contribution in [0.2, 0.25) is 0 Å². The van der Waals surface area contributed by atoms with Crippen LogP contribution in [0.3, 0.4) is 0 Å². The molecule has 0 aliphatic heterocycles. The molecule has 8 nitrogen and oxygen atoms in total. The number of hydrogen-bond acceptors (Lipinski definition) is 5. The van der Waals surface area contributed by atoms with Gasteiger partial charge in [0, 0.05) is 29.3 Å². The zero-order valence-corrected chi connectivity index (χ0v) is 15.4. The Bertz CT molecular complexity index is 1280. The van der Waals surface area contributed by atoms with Crippen molar-refractivity contribution >= 4 is 10.9 Å². The molecule has 3 aromatic heterocycles. The van der Waals surface area contributed by atoms with Crippen molar-refractivity contribution in [3.8, 4) is 16.9 Å². The van der Waals surface area contributed by atoms with Crippen molar-refractivity contribution < 1.29 is 8.78 Å². The second-order valence-corrected chi connectivity index (χ2v) is 6.55. The molecule has 0 atom stereocenters. The maximum atomic E-state index is 12.8. The molecule has 148 valence electrons. The molecule has 29 heavy (non-hydrogen) atoms. The minimum Gasteiger partial charge on any atom is -0.327 e. The van der Waals surface area contributed by atoms with Crippen LogP contribution < -0.4 is 11.4 Å². The lowest BCUT2D eigenvalue weighted by Crippen LogP contribution is -2.27. The Kier molecular flexibility index (Phi) is 4.77. The van der Waals surface area contributed by atoms with Gasteiger partial charge in [0.15, 0.2) is 0 Å². The van der Waals surface area contributed by atoms with Crippen LogP contribution in [0.15, 0.2) is 59.4 Å². The van der Waals surface area contributed by atoms with Gasteiger partial charge in [-0.2, -0.15) is 19.0 Å². The van der Waals surface area contributed by atoms with Gasteiger partial charge in [-0.1, -0.05) is 12.1 Å². The van der Waals surface area contributed by atoms with Crippen LogP contribution in [0.25, 0.3) is 27.8 Å². The van der Waals surface area contributed by atoms with E-state index in [1.165, 1.54) is 10.9 Å². The van der Waals surface area contributed by atoms with E-state index < -0.39 is 11.8 Å². The van der Waals surface area contributed by atoms with Crippen LogP contribution in [0, 0.1) is 6.92 Å². The normalized spacial score (nSPS) is 11.2. The third kappa shape index (κ3) is 3.45. The summed E-state index contributed by atoms with van der Waals surface area (Å²) in [6.07, 6.45) is 2.76. The number of aromatic amines is 1. The lowest BCUT2D eigenvalue weighted by atomic mass is 10.0. The van der Waals surface area contributed by atoms with Gasteiger partial charge < -0.3 is 5.73 Å². The number of nitrogens with two attached hydrogens (primary N) is 1. The van der Waals surface area contributed by atoms with Gasteiger partial charge in [-0.25, -0.2) is 19.0 Å². The first-order valence-corrected chi connectivity index (χ1v) is 8.76. The number of fused-ring (bicyclic) bond motifs is 1. The van der Waals surface area contributed by atoms with E-state index in [9.17, 15) is 13.6 Å². The summed E-state index contributed by atoms with van der Waals surface area (Å²) in [7, 11) is 0. The third-order valence-electron chi connectivity index (χ3n) is 4.64. The summed E-state index contributed by atoms with van der Waals surface area (Å²) in [5, 5.41) is 11.8. The highest BCUT2D eigenvalue weighted by molar-refractivity contribution is 5.83. The lowest BCUT2D eigenvalue weighted by molar-refractivity contribution is 0.400.